The smallest absolute Gasteiger partial charge is 0.239 e. The van der Waals surface area contributed by atoms with E-state index in [0.717, 1.165) is 56.8 Å². The van der Waals surface area contributed by atoms with Crippen molar-refractivity contribution in [1.29, 1.82) is 5.26 Å². The minimum Gasteiger partial charge on any atom is -0.327 e. The summed E-state index contributed by atoms with van der Waals surface area (Å²) >= 11 is 1.74. The summed E-state index contributed by atoms with van der Waals surface area (Å²) in [7, 11) is 0. The van der Waals surface area contributed by atoms with Crippen LogP contribution in [0.25, 0.3) is 0 Å². The first-order valence-electron chi connectivity index (χ1n) is 10.9. The zero-order chi connectivity index (χ0) is 21.1. The largest absolute Gasteiger partial charge is 0.327 e. The van der Waals surface area contributed by atoms with Crippen molar-refractivity contribution in [1.82, 2.24) is 14.4 Å². The Morgan fingerprint density at radius 1 is 1.20 bits per heavy atom. The molecule has 1 aliphatic carbocycles. The molecule has 1 saturated heterocycles. The molecule has 0 bridgehead atoms. The van der Waals surface area contributed by atoms with Crippen LogP contribution < -0.4 is 5.32 Å². The Kier molecular flexibility index (Phi) is 6.57. The van der Waals surface area contributed by atoms with E-state index in [2.05, 4.69) is 49.5 Å². The predicted octanol–water partition coefficient (Wildman–Crippen LogP) is 3.91. The molecule has 1 saturated carbocycles. The lowest BCUT2D eigenvalue weighted by Crippen LogP contribution is -2.48. The molecule has 7 heteroatoms. The number of nitrogens with zero attached hydrogens (tertiary/aromatic N) is 4. The summed E-state index contributed by atoms with van der Waals surface area (Å²) in [6.45, 7) is 9.16. The minimum absolute atomic E-state index is 0.0190. The van der Waals surface area contributed by atoms with E-state index < -0.39 is 0 Å². The average molecular weight is 426 g/mol. The van der Waals surface area contributed by atoms with Crippen LogP contribution in [-0.2, 0) is 11.3 Å². The average Bonchev–Trinajstić information content (AvgIpc) is 3.47. The van der Waals surface area contributed by atoms with Crippen molar-refractivity contribution in [2.24, 2.45) is 0 Å². The molecule has 1 amide bonds. The topological polar surface area (TPSA) is 64.3 Å². The van der Waals surface area contributed by atoms with Crippen LogP contribution >= 0.6 is 11.3 Å². The van der Waals surface area contributed by atoms with Crippen molar-refractivity contribution in [2.45, 2.75) is 52.1 Å². The third-order valence-corrected chi connectivity index (χ3v) is 7.37. The number of thiophene rings is 1. The van der Waals surface area contributed by atoms with Gasteiger partial charge in [-0.3, -0.25) is 14.6 Å². The van der Waals surface area contributed by atoms with Gasteiger partial charge in [-0.2, -0.15) is 16.6 Å². The number of aromatic nitrogens is 1. The number of piperazine rings is 1. The number of hydrogen-bond donors (Lipinski definition) is 1. The van der Waals surface area contributed by atoms with Crippen LogP contribution in [0.5, 0.6) is 0 Å². The van der Waals surface area contributed by atoms with E-state index >= 15 is 0 Å². The molecule has 160 valence electrons. The van der Waals surface area contributed by atoms with E-state index in [4.69, 9.17) is 0 Å². The monoisotopic (exact) mass is 425 g/mol. The maximum Gasteiger partial charge on any atom is 0.239 e. The third-order valence-electron chi connectivity index (χ3n) is 6.63. The fourth-order valence-electron chi connectivity index (χ4n) is 4.83. The predicted molar refractivity (Wildman–Crippen MR) is 121 cm³/mol. The second-order valence-corrected chi connectivity index (χ2v) is 9.37. The summed E-state index contributed by atoms with van der Waals surface area (Å²) in [5.41, 5.74) is 4.08. The van der Waals surface area contributed by atoms with Gasteiger partial charge in [0.05, 0.1) is 12.1 Å². The molecular formula is C23H31N5OS. The molecule has 4 rings (SSSR count). The Balaban J connectivity index is 1.37. The highest BCUT2D eigenvalue weighted by Crippen LogP contribution is 2.37. The second kappa shape index (κ2) is 9.34. The van der Waals surface area contributed by atoms with E-state index in [-0.39, 0.29) is 5.91 Å². The van der Waals surface area contributed by atoms with Gasteiger partial charge in [-0.15, -0.1) is 0 Å². The van der Waals surface area contributed by atoms with Crippen molar-refractivity contribution in [2.75, 3.05) is 38.0 Å². The SMILES string of the molecule is Cc1c(C#N)c(NC(=O)CN2CCN(Cc3ccsc3)CC2)n(C2CCCC2)c1C. The molecule has 0 spiro atoms. The van der Waals surface area contributed by atoms with Crippen LogP contribution in [0.15, 0.2) is 16.8 Å². The van der Waals surface area contributed by atoms with E-state index in [1.54, 1.807) is 11.3 Å². The minimum atomic E-state index is -0.0190. The number of nitrogens with one attached hydrogen (secondary N) is 1. The molecule has 0 unspecified atom stereocenters. The van der Waals surface area contributed by atoms with Crippen LogP contribution in [0.1, 0.15) is 54.1 Å². The summed E-state index contributed by atoms with van der Waals surface area (Å²) < 4.78 is 2.22. The van der Waals surface area contributed by atoms with Crippen molar-refractivity contribution in [3.8, 4) is 6.07 Å². The zero-order valence-corrected chi connectivity index (χ0v) is 18.8. The van der Waals surface area contributed by atoms with Crippen molar-refractivity contribution >= 4 is 23.1 Å². The Morgan fingerprint density at radius 3 is 2.53 bits per heavy atom. The van der Waals surface area contributed by atoms with Gasteiger partial charge < -0.3 is 9.88 Å². The van der Waals surface area contributed by atoms with Crippen molar-refractivity contribution in [3.05, 3.63) is 39.2 Å². The first-order valence-corrected chi connectivity index (χ1v) is 11.9. The first-order chi connectivity index (χ1) is 14.6. The Bertz CT molecular complexity index is 913. The molecule has 1 aliphatic heterocycles. The van der Waals surface area contributed by atoms with E-state index in [1.165, 1.54) is 18.4 Å². The van der Waals surface area contributed by atoms with Gasteiger partial charge >= 0.3 is 0 Å². The van der Waals surface area contributed by atoms with Crippen LogP contribution in [0.2, 0.25) is 0 Å². The number of rotatable bonds is 6. The molecule has 30 heavy (non-hydrogen) atoms. The molecule has 2 aliphatic rings. The lowest BCUT2D eigenvalue weighted by atomic mass is 10.2. The summed E-state index contributed by atoms with van der Waals surface area (Å²) in [6, 6.07) is 4.90. The normalized spacial score (nSPS) is 18.6. The number of hydrogen-bond acceptors (Lipinski definition) is 5. The van der Waals surface area contributed by atoms with Crippen molar-refractivity contribution in [3.63, 3.8) is 0 Å². The van der Waals surface area contributed by atoms with Crippen LogP contribution in [0.3, 0.4) is 0 Å². The van der Waals surface area contributed by atoms with Gasteiger partial charge in [0.15, 0.2) is 0 Å². The van der Waals surface area contributed by atoms with Gasteiger partial charge in [0.1, 0.15) is 11.9 Å². The highest BCUT2D eigenvalue weighted by molar-refractivity contribution is 7.07. The molecule has 2 aromatic rings. The molecule has 3 heterocycles. The number of amides is 1. The maximum atomic E-state index is 12.9. The van der Waals surface area contributed by atoms with E-state index in [9.17, 15) is 10.1 Å². The van der Waals surface area contributed by atoms with Gasteiger partial charge in [0, 0.05) is 44.5 Å². The van der Waals surface area contributed by atoms with Crippen LogP contribution in [0.4, 0.5) is 5.82 Å². The zero-order valence-electron chi connectivity index (χ0n) is 18.0. The van der Waals surface area contributed by atoms with Gasteiger partial charge in [0.25, 0.3) is 0 Å². The lowest BCUT2D eigenvalue weighted by Gasteiger charge is -2.34. The standard InChI is InChI=1S/C23H31N5OS/c1-17-18(2)28(20-5-3-4-6-20)23(21(17)13-24)25-22(29)15-27-10-8-26(9-11-27)14-19-7-12-30-16-19/h7,12,16,20H,3-6,8-11,14-15H2,1-2H3,(H,25,29). The molecule has 0 aromatic carbocycles. The highest BCUT2D eigenvalue weighted by atomic mass is 32.1. The van der Waals surface area contributed by atoms with E-state index in [0.29, 0.717) is 24.0 Å². The number of anilines is 1. The lowest BCUT2D eigenvalue weighted by molar-refractivity contribution is -0.117. The van der Waals surface area contributed by atoms with Gasteiger partial charge in [-0.25, -0.2) is 0 Å². The molecule has 2 fully saturated rings. The Hall–Kier alpha value is -2.14. The summed E-state index contributed by atoms with van der Waals surface area (Å²) in [5.74, 6) is 0.690. The Labute approximate surface area is 183 Å². The van der Waals surface area contributed by atoms with Crippen LogP contribution in [-0.4, -0.2) is 53.0 Å². The third kappa shape index (κ3) is 4.46. The number of carbonyl (C=O) groups excluding carboxylic acids is 1. The quantitative estimate of drug-likeness (QED) is 0.762. The molecular weight excluding hydrogens is 394 g/mol. The Morgan fingerprint density at radius 2 is 1.90 bits per heavy atom. The fourth-order valence-corrected chi connectivity index (χ4v) is 5.49. The van der Waals surface area contributed by atoms with Gasteiger partial charge in [-0.1, -0.05) is 12.8 Å². The van der Waals surface area contributed by atoms with Gasteiger partial charge in [-0.05, 0) is 54.6 Å². The molecule has 6 nitrogen and oxygen atoms in total. The molecule has 2 aromatic heterocycles. The van der Waals surface area contributed by atoms with Gasteiger partial charge in [0.2, 0.25) is 5.91 Å². The summed E-state index contributed by atoms with van der Waals surface area (Å²) in [5, 5.41) is 17.2. The van der Waals surface area contributed by atoms with Crippen LogP contribution in [0, 0.1) is 25.2 Å². The molecule has 1 N–H and O–H groups in total. The number of carbonyl (C=O) groups is 1. The van der Waals surface area contributed by atoms with Crippen molar-refractivity contribution < 1.29 is 4.79 Å². The highest BCUT2D eigenvalue weighted by Gasteiger charge is 2.27. The molecule has 0 radical (unpaired) electrons. The fraction of sp³-hybridized carbons (Fsp3) is 0.565. The van der Waals surface area contributed by atoms with E-state index in [1.807, 2.05) is 6.92 Å². The maximum absolute atomic E-state index is 12.9. The number of nitriles is 1. The summed E-state index contributed by atoms with van der Waals surface area (Å²) in [4.78, 5) is 17.5. The molecule has 0 atom stereocenters. The first kappa shape index (κ1) is 21.1. The second-order valence-electron chi connectivity index (χ2n) is 8.59. The summed E-state index contributed by atoms with van der Waals surface area (Å²) in [6.07, 6.45) is 4.67.